The van der Waals surface area contributed by atoms with Crippen molar-refractivity contribution in [2.75, 3.05) is 13.2 Å². The summed E-state index contributed by atoms with van der Waals surface area (Å²) in [6.45, 7) is -0.639. The zero-order valence-electron chi connectivity index (χ0n) is 15.4. The number of nitrogens with zero attached hydrogens (tertiary/aromatic N) is 1. The lowest BCUT2D eigenvalue weighted by atomic mass is 10.1. The van der Waals surface area contributed by atoms with Crippen LogP contribution < -0.4 is 5.43 Å². The SMILES string of the molecule is O=C(COC(=O)[C@H]1CC(=O)N(NC(=O)c2ccc(Cl)c(Cl)c2)C1)c1ccc(F)cc1. The number of carbonyl (C=O) groups excluding carboxylic acids is 4. The van der Waals surface area contributed by atoms with Gasteiger partial charge in [0.1, 0.15) is 5.82 Å². The van der Waals surface area contributed by atoms with E-state index in [0.717, 1.165) is 17.1 Å². The Morgan fingerprint density at radius 1 is 1.07 bits per heavy atom. The molecule has 0 bridgehead atoms. The van der Waals surface area contributed by atoms with Crippen molar-refractivity contribution in [2.45, 2.75) is 6.42 Å². The first kappa shape index (κ1) is 21.7. The maximum absolute atomic E-state index is 12.9. The van der Waals surface area contributed by atoms with E-state index in [9.17, 15) is 23.6 Å². The molecule has 156 valence electrons. The molecule has 1 aliphatic heterocycles. The molecule has 3 rings (SSSR count). The van der Waals surface area contributed by atoms with Crippen molar-refractivity contribution >= 4 is 46.8 Å². The van der Waals surface area contributed by atoms with Gasteiger partial charge in [-0.25, -0.2) is 4.39 Å². The summed E-state index contributed by atoms with van der Waals surface area (Å²) in [7, 11) is 0. The first-order chi connectivity index (χ1) is 14.2. The molecule has 1 atom stereocenters. The molecule has 1 heterocycles. The minimum atomic E-state index is -0.840. The lowest BCUT2D eigenvalue weighted by Gasteiger charge is -2.17. The molecular weight excluding hydrogens is 438 g/mol. The molecule has 2 aromatic carbocycles. The van der Waals surface area contributed by atoms with Crippen molar-refractivity contribution in [3.05, 3.63) is 69.5 Å². The first-order valence-corrected chi connectivity index (χ1v) is 9.52. The lowest BCUT2D eigenvalue weighted by molar-refractivity contribution is -0.147. The van der Waals surface area contributed by atoms with Crippen LogP contribution >= 0.6 is 23.2 Å². The van der Waals surface area contributed by atoms with Gasteiger partial charge in [0.2, 0.25) is 5.91 Å². The smallest absolute Gasteiger partial charge is 0.311 e. The minimum Gasteiger partial charge on any atom is -0.457 e. The topological polar surface area (TPSA) is 92.8 Å². The van der Waals surface area contributed by atoms with Gasteiger partial charge < -0.3 is 4.74 Å². The van der Waals surface area contributed by atoms with Crippen molar-refractivity contribution in [1.82, 2.24) is 10.4 Å². The van der Waals surface area contributed by atoms with E-state index in [-0.39, 0.29) is 34.1 Å². The van der Waals surface area contributed by atoms with Crippen molar-refractivity contribution in [1.29, 1.82) is 0 Å². The molecule has 1 N–H and O–H groups in total. The van der Waals surface area contributed by atoms with Gasteiger partial charge in [-0.1, -0.05) is 23.2 Å². The third kappa shape index (κ3) is 5.14. The number of ether oxygens (including phenoxy) is 1. The van der Waals surface area contributed by atoms with E-state index in [1.54, 1.807) is 0 Å². The number of hydrogen-bond donors (Lipinski definition) is 1. The number of hydrogen-bond acceptors (Lipinski definition) is 5. The highest BCUT2D eigenvalue weighted by atomic mass is 35.5. The summed E-state index contributed by atoms with van der Waals surface area (Å²) in [6, 6.07) is 9.06. The molecule has 0 aliphatic carbocycles. The maximum Gasteiger partial charge on any atom is 0.311 e. The van der Waals surface area contributed by atoms with Crippen LogP contribution in [0.4, 0.5) is 4.39 Å². The number of Topliss-reactive ketones (excluding diaryl/α,β-unsaturated/α-hetero) is 1. The highest BCUT2D eigenvalue weighted by molar-refractivity contribution is 6.42. The number of carbonyl (C=O) groups is 4. The van der Waals surface area contributed by atoms with Crippen LogP contribution in [0.25, 0.3) is 0 Å². The summed E-state index contributed by atoms with van der Waals surface area (Å²) in [4.78, 5) is 48.6. The molecular formula is C20H15Cl2FN2O5. The zero-order valence-corrected chi connectivity index (χ0v) is 16.9. The van der Waals surface area contributed by atoms with E-state index in [2.05, 4.69) is 5.43 Å². The molecule has 7 nitrogen and oxygen atoms in total. The third-order valence-corrected chi connectivity index (χ3v) is 5.13. The Morgan fingerprint density at radius 3 is 2.40 bits per heavy atom. The second-order valence-electron chi connectivity index (χ2n) is 6.51. The molecule has 2 amide bonds. The number of ketones is 1. The van der Waals surface area contributed by atoms with Crippen molar-refractivity contribution in [3.8, 4) is 0 Å². The molecule has 1 fully saturated rings. The second kappa shape index (κ2) is 9.23. The van der Waals surface area contributed by atoms with Crippen molar-refractivity contribution in [3.63, 3.8) is 0 Å². The van der Waals surface area contributed by atoms with E-state index in [0.29, 0.717) is 0 Å². The van der Waals surface area contributed by atoms with E-state index in [4.69, 9.17) is 27.9 Å². The summed E-state index contributed by atoms with van der Waals surface area (Å²) in [5.41, 5.74) is 2.79. The average Bonchev–Trinajstić information content (AvgIpc) is 3.08. The average molecular weight is 453 g/mol. The Kier molecular flexibility index (Phi) is 6.69. The van der Waals surface area contributed by atoms with Gasteiger partial charge in [0.25, 0.3) is 5.91 Å². The van der Waals surface area contributed by atoms with E-state index in [1.807, 2.05) is 0 Å². The summed E-state index contributed by atoms with van der Waals surface area (Å²) in [5.74, 6) is -3.65. The number of hydrazine groups is 1. The predicted molar refractivity (Wildman–Crippen MR) is 105 cm³/mol. The van der Waals surface area contributed by atoms with Crippen molar-refractivity contribution in [2.24, 2.45) is 5.92 Å². The molecule has 0 unspecified atom stereocenters. The maximum atomic E-state index is 12.9. The minimum absolute atomic E-state index is 0.102. The quantitative estimate of drug-likeness (QED) is 0.536. The van der Waals surface area contributed by atoms with Crippen LogP contribution in [0, 0.1) is 11.7 Å². The third-order valence-electron chi connectivity index (χ3n) is 4.39. The molecule has 1 aliphatic rings. The molecule has 30 heavy (non-hydrogen) atoms. The summed E-state index contributed by atoms with van der Waals surface area (Å²) in [6.07, 6.45) is -0.175. The number of amides is 2. The number of esters is 1. The van der Waals surface area contributed by atoms with Crippen LogP contribution in [-0.4, -0.2) is 41.7 Å². The molecule has 0 spiro atoms. The highest BCUT2D eigenvalue weighted by Gasteiger charge is 2.36. The standard InChI is InChI=1S/C20H15Cl2FN2O5/c21-15-6-3-12(7-16(15)22)19(28)24-25-9-13(8-18(25)27)20(29)30-10-17(26)11-1-4-14(23)5-2-11/h1-7,13H,8-10H2,(H,24,28)/t13-/m0/s1. The van der Waals surface area contributed by atoms with Crippen molar-refractivity contribution < 1.29 is 28.3 Å². The zero-order chi connectivity index (χ0) is 21.8. The van der Waals surface area contributed by atoms with E-state index >= 15 is 0 Å². The Bertz CT molecular complexity index is 1010. The fourth-order valence-electron chi connectivity index (χ4n) is 2.77. The van der Waals surface area contributed by atoms with E-state index in [1.165, 1.54) is 30.3 Å². The Balaban J connectivity index is 1.53. The molecule has 1 saturated heterocycles. The van der Waals surface area contributed by atoms with Crippen LogP contribution in [0.2, 0.25) is 10.0 Å². The van der Waals surface area contributed by atoms with Crippen LogP contribution in [0.3, 0.4) is 0 Å². The second-order valence-corrected chi connectivity index (χ2v) is 7.33. The Labute approximate surface area is 180 Å². The summed E-state index contributed by atoms with van der Waals surface area (Å²) in [5, 5.41) is 1.48. The van der Waals surface area contributed by atoms with Crippen LogP contribution in [0.1, 0.15) is 27.1 Å². The van der Waals surface area contributed by atoms with Gasteiger partial charge in [-0.3, -0.25) is 29.6 Å². The van der Waals surface area contributed by atoms with Gasteiger partial charge in [-0.2, -0.15) is 0 Å². The monoisotopic (exact) mass is 452 g/mol. The fourth-order valence-corrected chi connectivity index (χ4v) is 3.07. The van der Waals surface area contributed by atoms with Crippen LogP contribution in [0.5, 0.6) is 0 Å². The van der Waals surface area contributed by atoms with Gasteiger partial charge in [0.15, 0.2) is 12.4 Å². The Morgan fingerprint density at radius 2 is 1.73 bits per heavy atom. The molecule has 0 saturated carbocycles. The summed E-state index contributed by atoms with van der Waals surface area (Å²) < 4.78 is 17.9. The predicted octanol–water partition coefficient (Wildman–Crippen LogP) is 3.05. The van der Waals surface area contributed by atoms with Gasteiger partial charge in [0, 0.05) is 17.5 Å². The fraction of sp³-hybridized carbons (Fsp3) is 0.200. The van der Waals surface area contributed by atoms with Gasteiger partial charge >= 0.3 is 5.97 Å². The number of benzene rings is 2. The van der Waals surface area contributed by atoms with E-state index < -0.39 is 41.9 Å². The van der Waals surface area contributed by atoms with Gasteiger partial charge in [-0.15, -0.1) is 0 Å². The van der Waals surface area contributed by atoms with Crippen LogP contribution in [-0.2, 0) is 14.3 Å². The van der Waals surface area contributed by atoms with Gasteiger partial charge in [0.05, 0.1) is 22.5 Å². The molecule has 0 aromatic heterocycles. The first-order valence-electron chi connectivity index (χ1n) is 8.76. The van der Waals surface area contributed by atoms with Crippen LogP contribution in [0.15, 0.2) is 42.5 Å². The normalized spacial score (nSPS) is 15.8. The number of nitrogens with one attached hydrogen (secondary N) is 1. The summed E-state index contributed by atoms with van der Waals surface area (Å²) >= 11 is 11.7. The number of halogens is 3. The lowest BCUT2D eigenvalue weighted by Crippen LogP contribution is -2.43. The number of rotatable bonds is 6. The largest absolute Gasteiger partial charge is 0.457 e. The Hall–Kier alpha value is -2.97. The van der Waals surface area contributed by atoms with Gasteiger partial charge in [-0.05, 0) is 42.5 Å². The highest BCUT2D eigenvalue weighted by Crippen LogP contribution is 2.23. The molecule has 0 radical (unpaired) electrons. The molecule has 10 heteroatoms. The molecule has 2 aromatic rings.